The molecule has 0 radical (unpaired) electrons. The van der Waals surface area contributed by atoms with Crippen LogP contribution in [0.25, 0.3) is 6.08 Å². The Balaban J connectivity index is 2.37. The third-order valence-corrected chi connectivity index (χ3v) is 4.34. The van der Waals surface area contributed by atoms with E-state index < -0.39 is 11.9 Å². The third kappa shape index (κ3) is 5.84. The van der Waals surface area contributed by atoms with Crippen LogP contribution in [0, 0.1) is 22.7 Å². The van der Waals surface area contributed by atoms with Gasteiger partial charge in [0.25, 0.3) is 5.91 Å². The van der Waals surface area contributed by atoms with Crippen LogP contribution in [-0.4, -0.2) is 18.5 Å². The number of amides is 3. The van der Waals surface area contributed by atoms with Crippen molar-refractivity contribution in [3.8, 4) is 23.6 Å². The van der Waals surface area contributed by atoms with Crippen molar-refractivity contribution >= 4 is 33.9 Å². The summed E-state index contributed by atoms with van der Waals surface area (Å²) in [6, 6.07) is 13.1. The Morgan fingerprint density at radius 1 is 1.23 bits per heavy atom. The summed E-state index contributed by atoms with van der Waals surface area (Å²) in [5.41, 5.74) is 6.30. The Bertz CT molecular complexity index is 1080. The first-order valence-corrected chi connectivity index (χ1v) is 9.48. The number of ether oxygens (including phenoxy) is 2. The molecule has 9 heteroatoms. The highest BCUT2D eigenvalue weighted by Crippen LogP contribution is 2.38. The molecule has 0 atom stereocenters. The van der Waals surface area contributed by atoms with Crippen molar-refractivity contribution in [2.75, 3.05) is 6.61 Å². The molecule has 3 N–H and O–H groups in total. The molecular formula is C21H17BrN4O4. The van der Waals surface area contributed by atoms with Crippen LogP contribution in [0.15, 0.2) is 46.4 Å². The number of hydrogen-bond acceptors (Lipinski definition) is 6. The molecular weight excluding hydrogens is 452 g/mol. The summed E-state index contributed by atoms with van der Waals surface area (Å²) in [4.78, 5) is 22.7. The molecule has 0 aliphatic carbocycles. The molecule has 0 saturated heterocycles. The van der Waals surface area contributed by atoms with E-state index in [1.165, 1.54) is 6.08 Å². The van der Waals surface area contributed by atoms with Crippen LogP contribution in [0.5, 0.6) is 11.5 Å². The van der Waals surface area contributed by atoms with Crippen molar-refractivity contribution in [2.24, 2.45) is 5.73 Å². The van der Waals surface area contributed by atoms with Crippen LogP contribution in [0.3, 0.4) is 0 Å². The van der Waals surface area contributed by atoms with Gasteiger partial charge in [-0.3, -0.25) is 10.1 Å². The van der Waals surface area contributed by atoms with Gasteiger partial charge in [-0.15, -0.1) is 0 Å². The number of urea groups is 1. The minimum absolute atomic E-state index is 0.141. The van der Waals surface area contributed by atoms with Gasteiger partial charge in [-0.25, -0.2) is 4.79 Å². The number of primary amides is 1. The number of rotatable bonds is 7. The summed E-state index contributed by atoms with van der Waals surface area (Å²) >= 11 is 3.41. The maximum atomic E-state index is 11.9. The maximum absolute atomic E-state index is 11.9. The summed E-state index contributed by atoms with van der Waals surface area (Å²) in [6.07, 6.45) is 1.29. The molecule has 152 valence electrons. The minimum Gasteiger partial charge on any atom is -0.490 e. The first-order chi connectivity index (χ1) is 14.4. The molecule has 8 nitrogen and oxygen atoms in total. The van der Waals surface area contributed by atoms with Crippen molar-refractivity contribution < 1.29 is 19.1 Å². The number of benzene rings is 2. The zero-order chi connectivity index (χ0) is 22.1. The minimum atomic E-state index is -1.06. The highest BCUT2D eigenvalue weighted by Gasteiger charge is 2.15. The number of hydrogen-bond donors (Lipinski definition) is 2. The lowest BCUT2D eigenvalue weighted by Crippen LogP contribution is -2.35. The largest absolute Gasteiger partial charge is 0.490 e. The molecule has 3 amide bonds. The second-order valence-electron chi connectivity index (χ2n) is 5.81. The van der Waals surface area contributed by atoms with E-state index in [0.717, 1.165) is 0 Å². The predicted molar refractivity (Wildman–Crippen MR) is 112 cm³/mol. The second-order valence-corrected chi connectivity index (χ2v) is 6.66. The molecule has 0 heterocycles. The number of imide groups is 1. The van der Waals surface area contributed by atoms with Gasteiger partial charge in [0.1, 0.15) is 18.2 Å². The Morgan fingerprint density at radius 2 is 1.97 bits per heavy atom. The molecule has 0 aromatic heterocycles. The van der Waals surface area contributed by atoms with E-state index >= 15 is 0 Å². The van der Waals surface area contributed by atoms with Crippen LogP contribution >= 0.6 is 15.9 Å². The number of nitrogens with zero attached hydrogens (tertiary/aromatic N) is 2. The fourth-order valence-electron chi connectivity index (χ4n) is 2.47. The van der Waals surface area contributed by atoms with Crippen molar-refractivity contribution in [3.63, 3.8) is 0 Å². The van der Waals surface area contributed by atoms with Crippen molar-refractivity contribution in [1.29, 1.82) is 10.5 Å². The summed E-state index contributed by atoms with van der Waals surface area (Å²) in [7, 11) is 0. The number of carbonyl (C=O) groups excluding carboxylic acids is 2. The number of carbonyl (C=O) groups is 2. The van der Waals surface area contributed by atoms with Gasteiger partial charge in [-0.05, 0) is 52.7 Å². The Morgan fingerprint density at radius 3 is 2.60 bits per heavy atom. The SMILES string of the molecule is CCOc1cc(/C=C(/C#N)C(=O)NC(N)=O)cc(Br)c1OCc1ccccc1C#N. The zero-order valence-electron chi connectivity index (χ0n) is 15.9. The highest BCUT2D eigenvalue weighted by molar-refractivity contribution is 9.10. The van der Waals surface area contributed by atoms with Gasteiger partial charge in [0.15, 0.2) is 11.5 Å². The van der Waals surface area contributed by atoms with E-state index in [2.05, 4.69) is 22.0 Å². The van der Waals surface area contributed by atoms with E-state index in [4.69, 9.17) is 15.2 Å². The van der Waals surface area contributed by atoms with Gasteiger partial charge >= 0.3 is 6.03 Å². The first kappa shape index (κ1) is 22.5. The van der Waals surface area contributed by atoms with Gasteiger partial charge in [0, 0.05) is 5.56 Å². The molecule has 2 aromatic rings. The maximum Gasteiger partial charge on any atom is 0.319 e. The van der Waals surface area contributed by atoms with Gasteiger partial charge in [-0.2, -0.15) is 10.5 Å². The monoisotopic (exact) mass is 468 g/mol. The Hall–Kier alpha value is -3.82. The highest BCUT2D eigenvalue weighted by atomic mass is 79.9. The van der Waals surface area contributed by atoms with Crippen LogP contribution in [0.4, 0.5) is 4.79 Å². The number of nitrogens with one attached hydrogen (secondary N) is 1. The summed E-state index contributed by atoms with van der Waals surface area (Å²) in [5, 5.41) is 20.3. The van der Waals surface area contributed by atoms with Gasteiger partial charge in [-0.1, -0.05) is 18.2 Å². The molecule has 2 aromatic carbocycles. The molecule has 0 spiro atoms. The summed E-state index contributed by atoms with van der Waals surface area (Å²) in [5.74, 6) is -0.130. The van der Waals surface area contributed by atoms with Crippen LogP contribution in [0.1, 0.15) is 23.6 Å². The molecule has 0 fully saturated rings. The van der Waals surface area contributed by atoms with Crippen LogP contribution < -0.4 is 20.5 Å². The fourth-order valence-corrected chi connectivity index (χ4v) is 3.05. The quantitative estimate of drug-likeness (QED) is 0.471. The average Bonchev–Trinajstić information content (AvgIpc) is 2.71. The van der Waals surface area contributed by atoms with Crippen molar-refractivity contribution in [2.45, 2.75) is 13.5 Å². The molecule has 0 saturated carbocycles. The molecule has 0 aliphatic heterocycles. The normalized spacial score (nSPS) is 10.5. The summed E-state index contributed by atoms with van der Waals surface area (Å²) in [6.45, 7) is 2.28. The second kappa shape index (κ2) is 10.6. The number of nitrogens with two attached hydrogens (primary N) is 1. The van der Waals surface area contributed by atoms with Crippen molar-refractivity contribution in [3.05, 3.63) is 63.1 Å². The summed E-state index contributed by atoms with van der Waals surface area (Å²) < 4.78 is 12.0. The van der Waals surface area contributed by atoms with Crippen LogP contribution in [-0.2, 0) is 11.4 Å². The Labute approximate surface area is 181 Å². The van der Waals surface area contributed by atoms with E-state index in [0.29, 0.717) is 39.3 Å². The molecule has 0 aliphatic rings. The van der Waals surface area contributed by atoms with E-state index in [1.807, 2.05) is 11.4 Å². The molecule has 0 bridgehead atoms. The van der Waals surface area contributed by atoms with E-state index in [-0.39, 0.29) is 12.2 Å². The molecule has 30 heavy (non-hydrogen) atoms. The first-order valence-electron chi connectivity index (χ1n) is 8.69. The number of halogens is 1. The standard InChI is InChI=1S/C21H17BrN4O4/c1-2-29-18-9-13(7-16(11-24)20(27)26-21(25)28)8-17(22)19(18)30-12-15-6-4-3-5-14(15)10-23/h3-9H,2,12H2,1H3,(H3,25,26,27,28)/b16-7-. The lowest BCUT2D eigenvalue weighted by molar-refractivity contribution is -0.115. The lowest BCUT2D eigenvalue weighted by Gasteiger charge is -2.15. The van der Waals surface area contributed by atoms with Crippen LogP contribution in [0.2, 0.25) is 0 Å². The smallest absolute Gasteiger partial charge is 0.319 e. The topological polar surface area (TPSA) is 138 Å². The van der Waals surface area contributed by atoms with E-state index in [9.17, 15) is 20.1 Å². The Kier molecular flexibility index (Phi) is 7.98. The van der Waals surface area contributed by atoms with E-state index in [1.54, 1.807) is 43.3 Å². The third-order valence-electron chi connectivity index (χ3n) is 3.75. The molecule has 2 rings (SSSR count). The average molecular weight is 469 g/mol. The lowest BCUT2D eigenvalue weighted by atomic mass is 10.1. The van der Waals surface area contributed by atoms with Gasteiger partial charge in [0.2, 0.25) is 0 Å². The van der Waals surface area contributed by atoms with Crippen molar-refractivity contribution in [1.82, 2.24) is 5.32 Å². The van der Waals surface area contributed by atoms with Gasteiger partial charge in [0.05, 0.1) is 22.7 Å². The number of nitriles is 2. The van der Waals surface area contributed by atoms with Gasteiger partial charge < -0.3 is 15.2 Å². The predicted octanol–water partition coefficient (Wildman–Crippen LogP) is 3.40. The zero-order valence-corrected chi connectivity index (χ0v) is 17.5. The molecule has 0 unspecified atom stereocenters. The fraction of sp³-hybridized carbons (Fsp3) is 0.143.